The van der Waals surface area contributed by atoms with E-state index in [9.17, 15) is 4.79 Å². The number of hydrogen-bond acceptors (Lipinski definition) is 5. The minimum absolute atomic E-state index is 0.127. The molecule has 25 heavy (non-hydrogen) atoms. The molecule has 134 valence electrons. The molecule has 1 aromatic carbocycles. The summed E-state index contributed by atoms with van der Waals surface area (Å²) in [6.07, 6.45) is 0.755. The number of carbonyl (C=O) groups excluding carboxylic acids is 1. The van der Waals surface area contributed by atoms with Gasteiger partial charge < -0.3 is 9.32 Å². The molecule has 0 unspecified atom stereocenters. The highest BCUT2D eigenvalue weighted by Crippen LogP contribution is 2.16. The standard InChI is InChI=1S/C19H26N4O2/c1-14(2)16-4-6-17(7-5-16)19(24)23-12-10-22(11-13-23)9-8-18-21-20-15(3)25-18/h4-7,14H,8-13H2,1-3H3. The van der Waals surface area contributed by atoms with E-state index in [2.05, 4.69) is 41.1 Å². The molecule has 0 radical (unpaired) electrons. The largest absolute Gasteiger partial charge is 0.426 e. The van der Waals surface area contributed by atoms with Crippen molar-refractivity contribution in [1.29, 1.82) is 0 Å². The summed E-state index contributed by atoms with van der Waals surface area (Å²) in [5.41, 5.74) is 2.04. The molecule has 3 rings (SSSR count). The first kappa shape index (κ1) is 17.6. The lowest BCUT2D eigenvalue weighted by molar-refractivity contribution is 0.0636. The van der Waals surface area contributed by atoms with E-state index in [4.69, 9.17) is 4.42 Å². The molecule has 0 N–H and O–H groups in total. The van der Waals surface area contributed by atoms with Crippen LogP contribution in [0.4, 0.5) is 0 Å². The second-order valence-corrected chi connectivity index (χ2v) is 6.88. The molecule has 2 aromatic rings. The lowest BCUT2D eigenvalue weighted by atomic mass is 10.0. The molecule has 0 aliphatic carbocycles. The average Bonchev–Trinajstić information content (AvgIpc) is 3.05. The summed E-state index contributed by atoms with van der Waals surface area (Å²) in [7, 11) is 0. The molecule has 1 fully saturated rings. The van der Waals surface area contributed by atoms with Gasteiger partial charge in [-0.2, -0.15) is 0 Å². The summed E-state index contributed by atoms with van der Waals surface area (Å²) in [6, 6.07) is 8.00. The van der Waals surface area contributed by atoms with Crippen molar-refractivity contribution in [2.75, 3.05) is 32.7 Å². The smallest absolute Gasteiger partial charge is 0.253 e. The zero-order valence-corrected chi connectivity index (χ0v) is 15.2. The molecular formula is C19H26N4O2. The third kappa shape index (κ3) is 4.45. The molecule has 0 atom stereocenters. The highest BCUT2D eigenvalue weighted by atomic mass is 16.4. The number of aryl methyl sites for hydroxylation is 1. The number of rotatable bonds is 5. The van der Waals surface area contributed by atoms with Crippen molar-refractivity contribution in [2.45, 2.75) is 33.1 Å². The first-order chi connectivity index (χ1) is 12.0. The van der Waals surface area contributed by atoms with Gasteiger partial charge in [-0.05, 0) is 23.6 Å². The Hall–Kier alpha value is -2.21. The van der Waals surface area contributed by atoms with E-state index in [0.717, 1.165) is 44.7 Å². The maximum absolute atomic E-state index is 12.6. The second-order valence-electron chi connectivity index (χ2n) is 6.88. The monoisotopic (exact) mass is 342 g/mol. The Balaban J connectivity index is 1.48. The van der Waals surface area contributed by atoms with Gasteiger partial charge in [-0.25, -0.2) is 0 Å². The van der Waals surface area contributed by atoms with Crippen LogP contribution in [0.1, 0.15) is 47.5 Å². The fourth-order valence-corrected chi connectivity index (χ4v) is 3.06. The van der Waals surface area contributed by atoms with Gasteiger partial charge in [0.05, 0.1) is 0 Å². The van der Waals surface area contributed by atoms with Crippen LogP contribution in [0.5, 0.6) is 0 Å². The van der Waals surface area contributed by atoms with Crippen molar-refractivity contribution >= 4 is 5.91 Å². The molecule has 0 spiro atoms. The van der Waals surface area contributed by atoms with Gasteiger partial charge in [0.15, 0.2) is 0 Å². The number of amides is 1. The number of benzene rings is 1. The minimum atomic E-state index is 0.127. The Morgan fingerprint density at radius 3 is 2.36 bits per heavy atom. The minimum Gasteiger partial charge on any atom is -0.426 e. The van der Waals surface area contributed by atoms with Gasteiger partial charge >= 0.3 is 0 Å². The molecule has 2 heterocycles. The van der Waals surface area contributed by atoms with Crippen LogP contribution in [-0.4, -0.2) is 58.6 Å². The third-order valence-corrected chi connectivity index (χ3v) is 4.69. The fraction of sp³-hybridized carbons (Fsp3) is 0.526. The summed E-state index contributed by atoms with van der Waals surface area (Å²) in [4.78, 5) is 16.9. The molecule has 0 bridgehead atoms. The van der Waals surface area contributed by atoms with Gasteiger partial charge in [-0.15, -0.1) is 10.2 Å². The lowest BCUT2D eigenvalue weighted by Crippen LogP contribution is -2.49. The molecule has 6 nitrogen and oxygen atoms in total. The number of aromatic nitrogens is 2. The predicted molar refractivity (Wildman–Crippen MR) is 95.6 cm³/mol. The van der Waals surface area contributed by atoms with Crippen molar-refractivity contribution in [3.8, 4) is 0 Å². The summed E-state index contributed by atoms with van der Waals surface area (Å²) < 4.78 is 5.40. The lowest BCUT2D eigenvalue weighted by Gasteiger charge is -2.34. The Kier molecular flexibility index (Phi) is 5.48. The van der Waals surface area contributed by atoms with Gasteiger partial charge in [-0.3, -0.25) is 9.69 Å². The van der Waals surface area contributed by atoms with Crippen molar-refractivity contribution < 1.29 is 9.21 Å². The van der Waals surface area contributed by atoms with E-state index in [1.807, 2.05) is 17.0 Å². The van der Waals surface area contributed by atoms with Crippen molar-refractivity contribution in [2.24, 2.45) is 0 Å². The summed E-state index contributed by atoms with van der Waals surface area (Å²) in [6.45, 7) is 10.3. The quantitative estimate of drug-likeness (QED) is 0.835. The normalized spacial score (nSPS) is 15.8. The Morgan fingerprint density at radius 2 is 1.80 bits per heavy atom. The van der Waals surface area contributed by atoms with Crippen LogP contribution < -0.4 is 0 Å². The first-order valence-electron chi connectivity index (χ1n) is 8.93. The van der Waals surface area contributed by atoms with Gasteiger partial charge in [0.1, 0.15) is 0 Å². The van der Waals surface area contributed by atoms with Gasteiger partial charge in [0.25, 0.3) is 5.91 Å². The van der Waals surface area contributed by atoms with Crippen LogP contribution in [0.3, 0.4) is 0 Å². The highest BCUT2D eigenvalue weighted by Gasteiger charge is 2.22. The fourth-order valence-electron chi connectivity index (χ4n) is 3.06. The van der Waals surface area contributed by atoms with E-state index in [0.29, 0.717) is 17.7 Å². The van der Waals surface area contributed by atoms with E-state index >= 15 is 0 Å². The van der Waals surface area contributed by atoms with Crippen molar-refractivity contribution in [3.63, 3.8) is 0 Å². The van der Waals surface area contributed by atoms with E-state index < -0.39 is 0 Å². The van der Waals surface area contributed by atoms with Crippen LogP contribution in [0, 0.1) is 6.92 Å². The van der Waals surface area contributed by atoms with E-state index in [-0.39, 0.29) is 5.91 Å². The SMILES string of the molecule is Cc1nnc(CCN2CCN(C(=O)c3ccc(C(C)C)cc3)CC2)o1. The van der Waals surface area contributed by atoms with Gasteiger partial charge in [-0.1, -0.05) is 26.0 Å². The number of nitrogens with zero attached hydrogens (tertiary/aromatic N) is 4. The van der Waals surface area contributed by atoms with Crippen LogP contribution in [0.25, 0.3) is 0 Å². The molecule has 1 amide bonds. The van der Waals surface area contributed by atoms with Crippen molar-refractivity contribution in [1.82, 2.24) is 20.0 Å². The number of hydrogen-bond donors (Lipinski definition) is 0. The van der Waals surface area contributed by atoms with Crippen LogP contribution in [0.2, 0.25) is 0 Å². The third-order valence-electron chi connectivity index (χ3n) is 4.69. The second kappa shape index (κ2) is 7.78. The maximum Gasteiger partial charge on any atom is 0.253 e. The molecular weight excluding hydrogens is 316 g/mol. The first-order valence-corrected chi connectivity index (χ1v) is 8.93. The number of carbonyl (C=O) groups is 1. The molecule has 0 saturated carbocycles. The van der Waals surface area contributed by atoms with Crippen LogP contribution in [-0.2, 0) is 6.42 Å². The Morgan fingerprint density at radius 1 is 1.12 bits per heavy atom. The Bertz CT molecular complexity index is 700. The molecule has 1 aromatic heterocycles. The van der Waals surface area contributed by atoms with E-state index in [1.165, 1.54) is 5.56 Å². The number of piperazine rings is 1. The summed E-state index contributed by atoms with van der Waals surface area (Å²) in [5.74, 6) is 1.90. The van der Waals surface area contributed by atoms with Crippen molar-refractivity contribution in [3.05, 3.63) is 47.2 Å². The molecule has 1 saturated heterocycles. The van der Waals surface area contributed by atoms with Crippen LogP contribution >= 0.6 is 0 Å². The Labute approximate surface area is 148 Å². The highest BCUT2D eigenvalue weighted by molar-refractivity contribution is 5.94. The summed E-state index contributed by atoms with van der Waals surface area (Å²) in [5, 5.41) is 7.87. The molecule has 6 heteroatoms. The topological polar surface area (TPSA) is 62.5 Å². The van der Waals surface area contributed by atoms with E-state index in [1.54, 1.807) is 6.92 Å². The van der Waals surface area contributed by atoms with Gasteiger partial charge in [0, 0.05) is 51.6 Å². The van der Waals surface area contributed by atoms with Gasteiger partial charge in [0.2, 0.25) is 11.8 Å². The zero-order chi connectivity index (χ0) is 17.8. The zero-order valence-electron chi connectivity index (χ0n) is 15.2. The predicted octanol–water partition coefficient (Wildman–Crippen LogP) is 2.50. The molecule has 1 aliphatic heterocycles. The summed E-state index contributed by atoms with van der Waals surface area (Å²) >= 11 is 0. The molecule has 1 aliphatic rings. The average molecular weight is 342 g/mol. The maximum atomic E-state index is 12.6. The van der Waals surface area contributed by atoms with Crippen LogP contribution in [0.15, 0.2) is 28.7 Å².